The van der Waals surface area contributed by atoms with Crippen LogP contribution in [0.15, 0.2) is 41.3 Å². The SMILES string of the molecule is CCOc1ccc(CNS(=O)(=O)c2cc3c4c(c2)CCN4C(=O)CC3)cc1. The molecule has 6 nitrogen and oxygen atoms in total. The van der Waals surface area contributed by atoms with Crippen LogP contribution in [-0.2, 0) is 34.2 Å². The maximum Gasteiger partial charge on any atom is 0.240 e. The fourth-order valence-corrected chi connectivity index (χ4v) is 4.83. The molecule has 0 saturated carbocycles. The van der Waals surface area contributed by atoms with Crippen molar-refractivity contribution in [2.45, 2.75) is 37.6 Å². The number of hydrogen-bond donors (Lipinski definition) is 1. The number of sulfonamides is 1. The van der Waals surface area contributed by atoms with E-state index in [1.165, 1.54) is 0 Å². The summed E-state index contributed by atoms with van der Waals surface area (Å²) < 4.78 is 33.7. The lowest BCUT2D eigenvalue weighted by molar-refractivity contribution is -0.118. The number of nitrogens with one attached hydrogen (secondary N) is 1. The molecule has 0 radical (unpaired) electrons. The average molecular weight is 386 g/mol. The largest absolute Gasteiger partial charge is 0.494 e. The van der Waals surface area contributed by atoms with Crippen LogP contribution in [0.3, 0.4) is 0 Å². The Morgan fingerprint density at radius 1 is 1.07 bits per heavy atom. The van der Waals surface area contributed by atoms with Crippen LogP contribution >= 0.6 is 0 Å². The minimum absolute atomic E-state index is 0.130. The first-order valence-electron chi connectivity index (χ1n) is 9.15. The Balaban J connectivity index is 1.53. The second kappa shape index (κ2) is 6.98. The van der Waals surface area contributed by atoms with Gasteiger partial charge in [-0.1, -0.05) is 12.1 Å². The summed E-state index contributed by atoms with van der Waals surface area (Å²) in [4.78, 5) is 14.1. The van der Waals surface area contributed by atoms with Gasteiger partial charge in [-0.2, -0.15) is 0 Å². The summed E-state index contributed by atoms with van der Waals surface area (Å²) in [5, 5.41) is 0. The van der Waals surface area contributed by atoms with Gasteiger partial charge in [0.05, 0.1) is 17.2 Å². The number of hydrogen-bond acceptors (Lipinski definition) is 4. The Bertz CT molecular complexity index is 984. The summed E-state index contributed by atoms with van der Waals surface area (Å²) >= 11 is 0. The number of anilines is 1. The molecule has 0 saturated heterocycles. The zero-order chi connectivity index (χ0) is 19.0. The molecule has 4 rings (SSSR count). The van der Waals surface area contributed by atoms with E-state index in [0.29, 0.717) is 32.4 Å². The molecular weight excluding hydrogens is 364 g/mol. The van der Waals surface area contributed by atoms with Crippen LogP contribution < -0.4 is 14.4 Å². The standard InChI is InChI=1S/C20H22N2O4S/c1-2-26-17-6-3-14(4-7-17)13-21-27(24,25)18-11-15-5-8-19(23)22-10-9-16(12-18)20(15)22/h3-4,6-7,11-12,21H,2,5,8-10,13H2,1H3. The fraction of sp³-hybridized carbons (Fsp3) is 0.350. The smallest absolute Gasteiger partial charge is 0.240 e. The molecule has 2 aliphatic rings. The molecule has 2 aromatic carbocycles. The number of carbonyl (C=O) groups excluding carboxylic acids is 1. The van der Waals surface area contributed by atoms with E-state index < -0.39 is 10.0 Å². The lowest BCUT2D eigenvalue weighted by Gasteiger charge is -2.25. The Hall–Kier alpha value is -2.38. The van der Waals surface area contributed by atoms with Crippen LogP contribution in [0.4, 0.5) is 5.69 Å². The zero-order valence-corrected chi connectivity index (χ0v) is 16.0. The molecule has 2 aromatic rings. The second-order valence-corrected chi connectivity index (χ2v) is 8.55. The van der Waals surface area contributed by atoms with E-state index in [1.807, 2.05) is 31.2 Å². The highest BCUT2D eigenvalue weighted by Crippen LogP contribution is 2.38. The molecule has 7 heteroatoms. The Kier molecular flexibility index (Phi) is 4.65. The molecular formula is C20H22N2O4S. The van der Waals surface area contributed by atoms with Gasteiger partial charge in [-0.15, -0.1) is 0 Å². The molecule has 1 N–H and O–H groups in total. The molecule has 0 spiro atoms. The van der Waals surface area contributed by atoms with Crippen molar-refractivity contribution in [3.63, 3.8) is 0 Å². The average Bonchev–Trinajstić information content (AvgIpc) is 3.10. The summed E-state index contributed by atoms with van der Waals surface area (Å²) in [5.74, 6) is 0.895. The third-order valence-corrected chi connectivity index (χ3v) is 6.42. The number of amides is 1. The van der Waals surface area contributed by atoms with E-state index in [4.69, 9.17) is 4.74 Å². The highest BCUT2D eigenvalue weighted by molar-refractivity contribution is 7.89. The Morgan fingerprint density at radius 3 is 2.48 bits per heavy atom. The van der Waals surface area contributed by atoms with Crippen molar-refractivity contribution in [1.82, 2.24) is 4.72 Å². The van der Waals surface area contributed by atoms with Gasteiger partial charge in [0.1, 0.15) is 5.75 Å². The van der Waals surface area contributed by atoms with E-state index in [9.17, 15) is 13.2 Å². The predicted octanol–water partition coefficient (Wildman–Crippen LogP) is 2.40. The number of rotatable bonds is 6. The van der Waals surface area contributed by atoms with E-state index in [0.717, 1.165) is 28.1 Å². The first-order chi connectivity index (χ1) is 13.0. The molecule has 0 bridgehead atoms. The quantitative estimate of drug-likeness (QED) is 0.827. The number of ether oxygens (including phenoxy) is 1. The molecule has 0 atom stereocenters. The van der Waals surface area contributed by atoms with Crippen molar-refractivity contribution in [2.75, 3.05) is 18.1 Å². The minimum Gasteiger partial charge on any atom is -0.494 e. The number of benzene rings is 2. The van der Waals surface area contributed by atoms with Crippen LogP contribution in [0.1, 0.15) is 30.0 Å². The van der Waals surface area contributed by atoms with Crippen molar-refractivity contribution < 1.29 is 17.9 Å². The molecule has 2 aliphatic heterocycles. The van der Waals surface area contributed by atoms with Crippen molar-refractivity contribution in [2.24, 2.45) is 0 Å². The highest BCUT2D eigenvalue weighted by Gasteiger charge is 2.32. The first kappa shape index (κ1) is 18.0. The van der Waals surface area contributed by atoms with Gasteiger partial charge in [0.15, 0.2) is 0 Å². The van der Waals surface area contributed by atoms with Crippen LogP contribution in [0.5, 0.6) is 5.75 Å². The lowest BCUT2D eigenvalue weighted by Crippen LogP contribution is -2.33. The van der Waals surface area contributed by atoms with Gasteiger partial charge in [0.2, 0.25) is 15.9 Å². The molecule has 0 fully saturated rings. The summed E-state index contributed by atoms with van der Waals surface area (Å²) in [6.45, 7) is 3.37. The van der Waals surface area contributed by atoms with Gasteiger partial charge >= 0.3 is 0 Å². The lowest BCUT2D eigenvalue weighted by atomic mass is 10.00. The summed E-state index contributed by atoms with van der Waals surface area (Å²) in [7, 11) is -3.62. The summed E-state index contributed by atoms with van der Waals surface area (Å²) in [5.41, 5.74) is 3.69. The van der Waals surface area contributed by atoms with E-state index in [-0.39, 0.29) is 17.3 Å². The maximum atomic E-state index is 12.8. The monoisotopic (exact) mass is 386 g/mol. The molecule has 0 aliphatic carbocycles. The van der Waals surface area contributed by atoms with Gasteiger partial charge in [-0.3, -0.25) is 4.79 Å². The number of carbonyl (C=O) groups is 1. The highest BCUT2D eigenvalue weighted by atomic mass is 32.2. The third-order valence-electron chi connectivity index (χ3n) is 5.04. The number of nitrogens with zero attached hydrogens (tertiary/aromatic N) is 1. The van der Waals surface area contributed by atoms with Crippen LogP contribution in [0.2, 0.25) is 0 Å². The molecule has 0 unspecified atom stereocenters. The fourth-order valence-electron chi connectivity index (χ4n) is 3.71. The van der Waals surface area contributed by atoms with E-state index >= 15 is 0 Å². The predicted molar refractivity (Wildman–Crippen MR) is 102 cm³/mol. The van der Waals surface area contributed by atoms with Crippen LogP contribution in [0.25, 0.3) is 0 Å². The zero-order valence-electron chi connectivity index (χ0n) is 15.2. The molecule has 142 valence electrons. The van der Waals surface area contributed by atoms with Gasteiger partial charge in [-0.25, -0.2) is 13.1 Å². The van der Waals surface area contributed by atoms with Crippen molar-refractivity contribution in [1.29, 1.82) is 0 Å². The van der Waals surface area contributed by atoms with Crippen molar-refractivity contribution >= 4 is 21.6 Å². The maximum absolute atomic E-state index is 12.8. The van der Waals surface area contributed by atoms with Crippen LogP contribution in [-0.4, -0.2) is 27.5 Å². The van der Waals surface area contributed by atoms with Crippen molar-refractivity contribution in [3.05, 3.63) is 53.1 Å². The van der Waals surface area contributed by atoms with E-state index in [1.54, 1.807) is 17.0 Å². The van der Waals surface area contributed by atoms with Gasteiger partial charge in [0.25, 0.3) is 0 Å². The normalized spacial score (nSPS) is 15.7. The van der Waals surface area contributed by atoms with E-state index in [2.05, 4.69) is 4.72 Å². The van der Waals surface area contributed by atoms with Gasteiger partial charge in [0, 0.05) is 19.5 Å². The topological polar surface area (TPSA) is 75.7 Å². The molecule has 0 aromatic heterocycles. The van der Waals surface area contributed by atoms with Crippen molar-refractivity contribution in [3.8, 4) is 5.75 Å². The number of aryl methyl sites for hydroxylation is 1. The van der Waals surface area contributed by atoms with Crippen LogP contribution in [0, 0.1) is 0 Å². The molecule has 2 heterocycles. The molecule has 27 heavy (non-hydrogen) atoms. The minimum atomic E-state index is -3.62. The van der Waals surface area contributed by atoms with Gasteiger partial charge < -0.3 is 9.64 Å². The summed E-state index contributed by atoms with van der Waals surface area (Å²) in [6.07, 6.45) is 1.74. The Morgan fingerprint density at radius 2 is 1.78 bits per heavy atom. The Labute approximate surface area is 159 Å². The summed E-state index contributed by atoms with van der Waals surface area (Å²) in [6, 6.07) is 10.8. The first-order valence-corrected chi connectivity index (χ1v) is 10.6. The third kappa shape index (κ3) is 3.44. The molecule has 1 amide bonds. The second-order valence-electron chi connectivity index (χ2n) is 6.79. The van der Waals surface area contributed by atoms with Gasteiger partial charge in [-0.05, 0) is 60.7 Å².